The number of unbranched alkanes of at least 4 members (excludes halogenated alkanes) is 8. The van der Waals surface area contributed by atoms with Gasteiger partial charge in [0.1, 0.15) is 0 Å². The predicted octanol–water partition coefficient (Wildman–Crippen LogP) is 3.47. The molecule has 158 valence electrons. The largest absolute Gasteiger partial charge is 0.394 e. The van der Waals surface area contributed by atoms with Crippen molar-refractivity contribution in [1.82, 2.24) is 5.32 Å². The molecule has 7 nitrogen and oxygen atoms in total. The number of carbonyl (C=O) groups excluding carboxylic acids is 1. The number of rotatable bonds is 14. The molecule has 0 aromatic heterocycles. The van der Waals surface area contributed by atoms with Gasteiger partial charge < -0.3 is 9.80 Å². The molecule has 0 aromatic rings. The molecule has 1 amide bonds. The molecule has 0 atom stereocenters. The van der Waals surface area contributed by atoms with Crippen molar-refractivity contribution in [3.05, 3.63) is 0 Å². The topological polar surface area (TPSA) is 104 Å². The third kappa shape index (κ3) is 34.6. The van der Waals surface area contributed by atoms with Crippen LogP contribution in [0.2, 0.25) is 0 Å². The van der Waals surface area contributed by atoms with Crippen LogP contribution in [0.25, 0.3) is 0 Å². The fraction of sp³-hybridized carbons (Fsp3) is 0.944. The van der Waals surface area contributed by atoms with Gasteiger partial charge in [-0.15, -0.1) is 0 Å². The highest BCUT2D eigenvalue weighted by atomic mass is 32.3. The van der Waals surface area contributed by atoms with Gasteiger partial charge in [-0.2, -0.15) is 8.42 Å². The minimum atomic E-state index is -4.67. The Morgan fingerprint density at radius 2 is 1.27 bits per heavy atom. The molecule has 3 N–H and O–H groups in total. The standard InChI is InChI=1S/C18H38N2O.H2O4S/c1-5-6-7-8-9-10-11-12-13-15-18(21)19-16-14-17-20(2,3)4;1-5(2,3)4/h5-17H2,1-4H3;(H2,1,2,3,4)/p+1. The van der Waals surface area contributed by atoms with Crippen LogP contribution in [-0.4, -0.2) is 62.1 Å². The fourth-order valence-corrected chi connectivity index (χ4v) is 2.47. The van der Waals surface area contributed by atoms with Gasteiger partial charge >= 0.3 is 10.4 Å². The van der Waals surface area contributed by atoms with E-state index in [1.54, 1.807) is 0 Å². The van der Waals surface area contributed by atoms with Crippen LogP contribution in [0.5, 0.6) is 0 Å². The van der Waals surface area contributed by atoms with Gasteiger partial charge in [0, 0.05) is 19.4 Å². The first kappa shape index (κ1) is 27.5. The van der Waals surface area contributed by atoms with E-state index in [9.17, 15) is 4.79 Å². The third-order valence-corrected chi connectivity index (χ3v) is 3.84. The first-order chi connectivity index (χ1) is 12.0. The molecule has 0 rings (SSSR count). The second kappa shape index (κ2) is 16.5. The van der Waals surface area contributed by atoms with E-state index in [0.29, 0.717) is 6.42 Å². The zero-order valence-electron chi connectivity index (χ0n) is 17.2. The Bertz CT molecular complexity index is 425. The Kier molecular flexibility index (Phi) is 17.4. The van der Waals surface area contributed by atoms with E-state index in [4.69, 9.17) is 17.5 Å². The van der Waals surface area contributed by atoms with E-state index >= 15 is 0 Å². The normalized spacial score (nSPS) is 11.6. The Hall–Kier alpha value is -0.700. The van der Waals surface area contributed by atoms with Crippen LogP contribution in [0.4, 0.5) is 0 Å². The van der Waals surface area contributed by atoms with E-state index < -0.39 is 10.4 Å². The average molecular weight is 398 g/mol. The first-order valence-corrected chi connectivity index (χ1v) is 11.1. The van der Waals surface area contributed by atoms with Crippen molar-refractivity contribution < 1.29 is 26.8 Å². The van der Waals surface area contributed by atoms with Crippen molar-refractivity contribution in [2.75, 3.05) is 34.2 Å². The quantitative estimate of drug-likeness (QED) is 0.236. The number of quaternary nitrogens is 1. The van der Waals surface area contributed by atoms with Gasteiger partial charge in [-0.25, -0.2) is 0 Å². The van der Waals surface area contributed by atoms with Crippen molar-refractivity contribution in [3.63, 3.8) is 0 Å². The Morgan fingerprint density at radius 1 is 0.846 bits per heavy atom. The van der Waals surface area contributed by atoms with Gasteiger partial charge in [0.05, 0.1) is 27.7 Å². The van der Waals surface area contributed by atoms with Crippen molar-refractivity contribution in [2.45, 2.75) is 77.6 Å². The van der Waals surface area contributed by atoms with Gasteiger partial charge in [0.2, 0.25) is 5.91 Å². The second-order valence-electron chi connectivity index (χ2n) is 7.74. The second-order valence-corrected chi connectivity index (χ2v) is 8.64. The van der Waals surface area contributed by atoms with Crippen molar-refractivity contribution >= 4 is 16.3 Å². The number of nitrogens with zero attached hydrogens (tertiary/aromatic N) is 1. The van der Waals surface area contributed by atoms with E-state index in [2.05, 4.69) is 33.4 Å². The summed E-state index contributed by atoms with van der Waals surface area (Å²) in [5.41, 5.74) is 0. The Labute approximate surface area is 160 Å². The maximum absolute atomic E-state index is 11.7. The summed E-state index contributed by atoms with van der Waals surface area (Å²) < 4.78 is 32.5. The molecule has 0 saturated carbocycles. The maximum Gasteiger partial charge on any atom is 0.394 e. The average Bonchev–Trinajstić information content (AvgIpc) is 2.47. The van der Waals surface area contributed by atoms with Gasteiger partial charge in [0.25, 0.3) is 0 Å². The molecule has 0 spiro atoms. The molecule has 0 heterocycles. The molecule has 8 heteroatoms. The highest BCUT2D eigenvalue weighted by Gasteiger charge is 2.06. The summed E-state index contributed by atoms with van der Waals surface area (Å²) in [7, 11) is 1.89. The first-order valence-electron chi connectivity index (χ1n) is 9.72. The van der Waals surface area contributed by atoms with Gasteiger partial charge in [-0.05, 0) is 6.42 Å². The van der Waals surface area contributed by atoms with Gasteiger partial charge in [-0.1, -0.05) is 58.3 Å². The summed E-state index contributed by atoms with van der Waals surface area (Å²) in [6.07, 6.45) is 13.5. The van der Waals surface area contributed by atoms with Crippen LogP contribution in [0.1, 0.15) is 77.6 Å². The Morgan fingerprint density at radius 3 is 1.69 bits per heavy atom. The zero-order chi connectivity index (χ0) is 20.5. The minimum absolute atomic E-state index is 0.236. The molecule has 0 unspecified atom stereocenters. The van der Waals surface area contributed by atoms with Crippen LogP contribution in [0.15, 0.2) is 0 Å². The number of hydrogen-bond acceptors (Lipinski definition) is 3. The lowest BCUT2D eigenvalue weighted by molar-refractivity contribution is -0.870. The van der Waals surface area contributed by atoms with Gasteiger partial charge in [-0.3, -0.25) is 13.9 Å². The van der Waals surface area contributed by atoms with E-state index in [1.807, 2.05) is 0 Å². The summed E-state index contributed by atoms with van der Waals surface area (Å²) >= 11 is 0. The molecule has 0 aromatic carbocycles. The van der Waals surface area contributed by atoms with Crippen LogP contribution >= 0.6 is 0 Å². The minimum Gasteiger partial charge on any atom is -0.356 e. The molecule has 0 bridgehead atoms. The van der Waals surface area contributed by atoms with Crippen LogP contribution in [0.3, 0.4) is 0 Å². The van der Waals surface area contributed by atoms with Crippen molar-refractivity contribution in [2.24, 2.45) is 0 Å². The molecule has 0 aliphatic carbocycles. The fourth-order valence-electron chi connectivity index (χ4n) is 2.47. The van der Waals surface area contributed by atoms with Crippen molar-refractivity contribution in [3.8, 4) is 0 Å². The van der Waals surface area contributed by atoms with Crippen LogP contribution in [-0.2, 0) is 15.2 Å². The Balaban J connectivity index is 0. The summed E-state index contributed by atoms with van der Waals surface area (Å²) in [6, 6.07) is 0. The summed E-state index contributed by atoms with van der Waals surface area (Å²) in [5.74, 6) is 0.236. The van der Waals surface area contributed by atoms with E-state index in [0.717, 1.165) is 30.4 Å². The highest BCUT2D eigenvalue weighted by molar-refractivity contribution is 7.79. The summed E-state index contributed by atoms with van der Waals surface area (Å²) in [4.78, 5) is 11.7. The molecular formula is C18H41N2O5S+. The molecule has 0 saturated heterocycles. The predicted molar refractivity (Wildman–Crippen MR) is 107 cm³/mol. The molecule has 0 aliphatic heterocycles. The monoisotopic (exact) mass is 397 g/mol. The summed E-state index contributed by atoms with van der Waals surface area (Å²) in [6.45, 7) is 4.19. The SMILES string of the molecule is CCCCCCCCCCCC(=O)NCCC[N+](C)(C)C.O=S(=O)(O)O. The van der Waals surface area contributed by atoms with Crippen molar-refractivity contribution in [1.29, 1.82) is 0 Å². The zero-order valence-corrected chi connectivity index (χ0v) is 18.0. The molecule has 26 heavy (non-hydrogen) atoms. The van der Waals surface area contributed by atoms with Crippen LogP contribution < -0.4 is 5.32 Å². The smallest absolute Gasteiger partial charge is 0.356 e. The highest BCUT2D eigenvalue weighted by Crippen LogP contribution is 2.10. The molecule has 0 radical (unpaired) electrons. The molecule has 0 aliphatic rings. The van der Waals surface area contributed by atoms with E-state index in [-0.39, 0.29) is 5.91 Å². The lowest BCUT2D eigenvalue weighted by atomic mass is 10.1. The molecule has 0 fully saturated rings. The number of nitrogens with one attached hydrogen (secondary N) is 1. The van der Waals surface area contributed by atoms with E-state index in [1.165, 1.54) is 51.4 Å². The third-order valence-electron chi connectivity index (χ3n) is 3.84. The van der Waals surface area contributed by atoms with Gasteiger partial charge in [0.15, 0.2) is 0 Å². The lowest BCUT2D eigenvalue weighted by Gasteiger charge is -2.23. The number of hydrogen-bond donors (Lipinski definition) is 3. The summed E-state index contributed by atoms with van der Waals surface area (Å²) in [5, 5.41) is 3.03. The maximum atomic E-state index is 11.7. The number of carbonyl (C=O) groups is 1. The van der Waals surface area contributed by atoms with Crippen LogP contribution in [0, 0.1) is 0 Å². The molecular weight excluding hydrogens is 356 g/mol. The lowest BCUT2D eigenvalue weighted by Crippen LogP contribution is -2.37. The number of amides is 1.